The Morgan fingerprint density at radius 2 is 2.09 bits per heavy atom. The second-order valence-electron chi connectivity index (χ2n) is 7.05. The molecule has 1 aromatic carbocycles. The molecule has 1 aliphatic rings. The first kappa shape index (κ1) is 16.2. The number of hydrogen-bond acceptors (Lipinski definition) is 3. The topological polar surface area (TPSA) is 50.1 Å². The smallest absolute Gasteiger partial charge is 0.102 e. The summed E-state index contributed by atoms with van der Waals surface area (Å²) in [6.07, 6.45) is 8.80. The number of hydrogen-bond donors (Lipinski definition) is 2. The van der Waals surface area contributed by atoms with Gasteiger partial charge in [0.1, 0.15) is 5.60 Å². The van der Waals surface area contributed by atoms with Crippen molar-refractivity contribution in [2.24, 2.45) is 13.0 Å². The van der Waals surface area contributed by atoms with E-state index in [1.165, 1.54) is 24.8 Å². The Kier molecular flexibility index (Phi) is 4.83. The Morgan fingerprint density at radius 1 is 1.35 bits per heavy atom. The van der Waals surface area contributed by atoms with Crippen LogP contribution >= 0.6 is 0 Å². The predicted molar refractivity (Wildman–Crippen MR) is 91.9 cm³/mol. The maximum atomic E-state index is 10.8. The lowest BCUT2D eigenvalue weighted by Gasteiger charge is -2.32. The van der Waals surface area contributed by atoms with Crippen LogP contribution in [-0.4, -0.2) is 21.4 Å². The van der Waals surface area contributed by atoms with E-state index in [0.29, 0.717) is 12.6 Å². The Morgan fingerprint density at radius 3 is 2.65 bits per heavy atom. The largest absolute Gasteiger partial charge is 0.384 e. The number of nitrogens with one attached hydrogen (secondary N) is 1. The molecule has 0 bridgehead atoms. The molecule has 2 unspecified atom stereocenters. The molecule has 1 aliphatic carbocycles. The number of nitrogens with zero attached hydrogens (tertiary/aromatic N) is 2. The van der Waals surface area contributed by atoms with E-state index in [4.69, 9.17) is 0 Å². The molecular formula is C19H27N3O. The maximum absolute atomic E-state index is 10.8. The highest BCUT2D eigenvalue weighted by Gasteiger charge is 2.28. The third-order valence-corrected chi connectivity index (χ3v) is 5.02. The van der Waals surface area contributed by atoms with Crippen molar-refractivity contribution < 1.29 is 5.11 Å². The molecule has 1 aromatic heterocycles. The fourth-order valence-corrected chi connectivity index (χ4v) is 3.21. The molecule has 124 valence electrons. The van der Waals surface area contributed by atoms with E-state index in [9.17, 15) is 5.11 Å². The lowest BCUT2D eigenvalue weighted by Crippen LogP contribution is -2.38. The van der Waals surface area contributed by atoms with Gasteiger partial charge in [0.2, 0.25) is 0 Å². The van der Waals surface area contributed by atoms with Crippen LogP contribution < -0.4 is 5.32 Å². The van der Waals surface area contributed by atoms with Crippen molar-refractivity contribution in [3.63, 3.8) is 0 Å². The number of rotatable bonds is 7. The summed E-state index contributed by atoms with van der Waals surface area (Å²) in [6, 6.07) is 10.9. The zero-order valence-electron chi connectivity index (χ0n) is 14.1. The van der Waals surface area contributed by atoms with Crippen molar-refractivity contribution in [1.29, 1.82) is 0 Å². The Bertz CT molecular complexity index is 617. The SMILES string of the molecule is Cn1cc(C(C)(O)CNC(CC2CCC2)c2ccccc2)cn1. The normalized spacial score (nSPS) is 19.1. The van der Waals surface area contributed by atoms with Gasteiger partial charge in [-0.3, -0.25) is 4.68 Å². The van der Waals surface area contributed by atoms with Crippen molar-refractivity contribution in [3.8, 4) is 0 Å². The van der Waals surface area contributed by atoms with Gasteiger partial charge >= 0.3 is 0 Å². The Balaban J connectivity index is 1.68. The first-order chi connectivity index (χ1) is 11.0. The summed E-state index contributed by atoms with van der Waals surface area (Å²) in [5.41, 5.74) is 1.24. The first-order valence-corrected chi connectivity index (χ1v) is 8.54. The summed E-state index contributed by atoms with van der Waals surface area (Å²) in [5.74, 6) is 0.816. The third kappa shape index (κ3) is 4.01. The number of benzene rings is 1. The van der Waals surface area contributed by atoms with Crippen molar-refractivity contribution in [2.75, 3.05) is 6.54 Å². The number of aliphatic hydroxyl groups is 1. The van der Waals surface area contributed by atoms with Crippen molar-refractivity contribution in [1.82, 2.24) is 15.1 Å². The zero-order valence-corrected chi connectivity index (χ0v) is 14.1. The molecule has 3 rings (SSSR count). The minimum Gasteiger partial charge on any atom is -0.384 e. The van der Waals surface area contributed by atoms with Crippen molar-refractivity contribution >= 4 is 0 Å². The van der Waals surface area contributed by atoms with Crippen LogP contribution in [0.4, 0.5) is 0 Å². The van der Waals surface area contributed by atoms with Gasteiger partial charge in [-0.2, -0.15) is 5.10 Å². The summed E-state index contributed by atoms with van der Waals surface area (Å²) in [6.45, 7) is 2.37. The van der Waals surface area contributed by atoms with E-state index in [0.717, 1.165) is 17.9 Å². The van der Waals surface area contributed by atoms with Crippen LogP contribution in [0.3, 0.4) is 0 Å². The summed E-state index contributed by atoms with van der Waals surface area (Å²) < 4.78 is 1.73. The van der Waals surface area contributed by atoms with E-state index >= 15 is 0 Å². The molecule has 2 aromatic rings. The number of aryl methyl sites for hydroxylation is 1. The maximum Gasteiger partial charge on any atom is 0.102 e. The van der Waals surface area contributed by atoms with E-state index in [2.05, 4.69) is 40.7 Å². The van der Waals surface area contributed by atoms with Crippen LogP contribution in [0.5, 0.6) is 0 Å². The monoisotopic (exact) mass is 313 g/mol. The van der Waals surface area contributed by atoms with Gasteiger partial charge in [-0.1, -0.05) is 49.6 Å². The molecule has 1 saturated carbocycles. The standard InChI is InChI=1S/C19H27N3O/c1-19(23,17-12-21-22(2)13-17)14-20-18(11-15-7-6-8-15)16-9-4-3-5-10-16/h3-5,9-10,12-13,15,18,20,23H,6-8,11,14H2,1-2H3. The van der Waals surface area contributed by atoms with Crippen LogP contribution in [0.25, 0.3) is 0 Å². The minimum absolute atomic E-state index is 0.296. The lowest BCUT2D eigenvalue weighted by atomic mass is 9.79. The van der Waals surface area contributed by atoms with E-state index in [1.54, 1.807) is 10.9 Å². The molecule has 23 heavy (non-hydrogen) atoms. The third-order valence-electron chi connectivity index (χ3n) is 5.02. The second kappa shape index (κ2) is 6.85. The highest BCUT2D eigenvalue weighted by Crippen LogP contribution is 2.35. The highest BCUT2D eigenvalue weighted by atomic mass is 16.3. The predicted octanol–water partition coefficient (Wildman–Crippen LogP) is 3.15. The molecule has 0 spiro atoms. The fraction of sp³-hybridized carbons (Fsp3) is 0.526. The Hall–Kier alpha value is -1.65. The van der Waals surface area contributed by atoms with E-state index < -0.39 is 5.60 Å². The lowest BCUT2D eigenvalue weighted by molar-refractivity contribution is 0.0519. The molecule has 0 aliphatic heterocycles. The highest BCUT2D eigenvalue weighted by molar-refractivity contribution is 5.20. The van der Waals surface area contributed by atoms with Gasteiger partial charge in [0.25, 0.3) is 0 Å². The van der Waals surface area contributed by atoms with Gasteiger partial charge < -0.3 is 10.4 Å². The van der Waals surface area contributed by atoms with Crippen molar-refractivity contribution in [3.05, 3.63) is 53.9 Å². The molecule has 4 heteroatoms. The average molecular weight is 313 g/mol. The van der Waals surface area contributed by atoms with E-state index in [-0.39, 0.29) is 0 Å². The van der Waals surface area contributed by atoms with Crippen molar-refractivity contribution in [2.45, 2.75) is 44.2 Å². The Labute approximate surface area is 138 Å². The molecule has 0 amide bonds. The van der Waals surface area contributed by atoms with Gasteiger partial charge in [-0.25, -0.2) is 0 Å². The van der Waals surface area contributed by atoms with Crippen LogP contribution in [0.1, 0.15) is 49.8 Å². The number of aromatic nitrogens is 2. The molecule has 2 atom stereocenters. The molecule has 2 N–H and O–H groups in total. The van der Waals surface area contributed by atoms with Crippen LogP contribution in [0.2, 0.25) is 0 Å². The van der Waals surface area contributed by atoms with Gasteiger partial charge in [0.15, 0.2) is 0 Å². The summed E-state index contributed by atoms with van der Waals surface area (Å²) in [7, 11) is 1.87. The molecule has 4 nitrogen and oxygen atoms in total. The summed E-state index contributed by atoms with van der Waals surface area (Å²) in [4.78, 5) is 0. The molecule has 1 heterocycles. The summed E-state index contributed by atoms with van der Waals surface area (Å²) >= 11 is 0. The van der Waals surface area contributed by atoms with Crippen LogP contribution in [0.15, 0.2) is 42.7 Å². The molecule has 1 fully saturated rings. The van der Waals surface area contributed by atoms with Gasteiger partial charge in [0.05, 0.1) is 6.20 Å². The molecule has 0 radical (unpaired) electrons. The first-order valence-electron chi connectivity index (χ1n) is 8.54. The quantitative estimate of drug-likeness (QED) is 0.825. The minimum atomic E-state index is -0.916. The van der Waals surface area contributed by atoms with E-state index in [1.807, 2.05) is 20.2 Å². The molecule has 0 saturated heterocycles. The summed E-state index contributed by atoms with van der Waals surface area (Å²) in [5, 5.41) is 18.5. The van der Waals surface area contributed by atoms with Crippen LogP contribution in [0, 0.1) is 5.92 Å². The van der Waals surface area contributed by atoms with Gasteiger partial charge in [0, 0.05) is 31.4 Å². The fourth-order valence-electron chi connectivity index (χ4n) is 3.21. The van der Waals surface area contributed by atoms with Gasteiger partial charge in [-0.15, -0.1) is 0 Å². The van der Waals surface area contributed by atoms with Crippen LogP contribution in [-0.2, 0) is 12.6 Å². The van der Waals surface area contributed by atoms with Gasteiger partial charge in [-0.05, 0) is 24.8 Å². The molecular weight excluding hydrogens is 286 g/mol. The second-order valence-corrected chi connectivity index (χ2v) is 7.05. The zero-order chi connectivity index (χ0) is 16.3. The average Bonchev–Trinajstić information content (AvgIpc) is 2.94.